The number of phosphoric acid groups is 1. The molecule has 0 spiro atoms. The average molecular weight is 208 g/mol. The van der Waals surface area contributed by atoms with E-state index in [0.717, 1.165) is 25.7 Å². The number of rotatable bonds is 5. The van der Waals surface area contributed by atoms with E-state index < -0.39 is 7.82 Å². The van der Waals surface area contributed by atoms with Gasteiger partial charge < -0.3 is 0 Å². The molecule has 5 heteroatoms. The second-order valence-corrected chi connectivity index (χ2v) is 4.79. The molecule has 1 atom stereocenters. The van der Waals surface area contributed by atoms with Crippen LogP contribution in [0.1, 0.15) is 32.6 Å². The molecule has 1 rings (SSSR count). The Labute approximate surface area is 79.2 Å². The van der Waals surface area contributed by atoms with E-state index in [9.17, 15) is 4.57 Å². The smallest absolute Gasteiger partial charge is 0.290 e. The van der Waals surface area contributed by atoms with Crippen molar-refractivity contribution in [2.24, 2.45) is 0 Å². The molecular formula is C8H17O4P. The second-order valence-electron chi connectivity index (χ2n) is 3.06. The van der Waals surface area contributed by atoms with E-state index in [1.54, 1.807) is 6.92 Å². The van der Waals surface area contributed by atoms with E-state index in [1.165, 1.54) is 7.11 Å². The van der Waals surface area contributed by atoms with E-state index in [2.05, 4.69) is 0 Å². The van der Waals surface area contributed by atoms with Gasteiger partial charge in [0.15, 0.2) is 0 Å². The van der Waals surface area contributed by atoms with Crippen molar-refractivity contribution in [3.8, 4) is 0 Å². The molecule has 1 fully saturated rings. The summed E-state index contributed by atoms with van der Waals surface area (Å²) in [5.41, 5.74) is 0. The van der Waals surface area contributed by atoms with Crippen LogP contribution in [0.15, 0.2) is 0 Å². The molecule has 4 nitrogen and oxygen atoms in total. The predicted octanol–water partition coefficient (Wildman–Crippen LogP) is 2.74. The molecule has 0 aromatic rings. The first-order chi connectivity index (χ1) is 6.20. The molecular weight excluding hydrogens is 191 g/mol. The van der Waals surface area contributed by atoms with Crippen molar-refractivity contribution in [1.29, 1.82) is 0 Å². The lowest BCUT2D eigenvalue weighted by Gasteiger charge is -2.18. The van der Waals surface area contributed by atoms with Gasteiger partial charge in [-0.25, -0.2) is 4.57 Å². The van der Waals surface area contributed by atoms with Crippen LogP contribution in [0.3, 0.4) is 0 Å². The van der Waals surface area contributed by atoms with Gasteiger partial charge in [-0.2, -0.15) is 0 Å². The first-order valence-electron chi connectivity index (χ1n) is 4.69. The molecule has 0 saturated heterocycles. The molecule has 78 valence electrons. The molecule has 0 aromatic heterocycles. The second kappa shape index (κ2) is 5.11. The lowest BCUT2D eigenvalue weighted by atomic mass is 10.3. The molecule has 0 heterocycles. The normalized spacial score (nSPS) is 23.2. The van der Waals surface area contributed by atoms with E-state index in [4.69, 9.17) is 13.6 Å². The summed E-state index contributed by atoms with van der Waals surface area (Å²) in [6.45, 7) is 2.11. The molecule has 0 radical (unpaired) electrons. The summed E-state index contributed by atoms with van der Waals surface area (Å²) >= 11 is 0. The summed E-state index contributed by atoms with van der Waals surface area (Å²) in [6.07, 6.45) is 4.25. The van der Waals surface area contributed by atoms with Crippen molar-refractivity contribution in [3.63, 3.8) is 0 Å². The van der Waals surface area contributed by atoms with Crippen molar-refractivity contribution in [3.05, 3.63) is 0 Å². The summed E-state index contributed by atoms with van der Waals surface area (Å²) in [4.78, 5) is 0. The number of phosphoric ester groups is 1. The fraction of sp³-hybridized carbons (Fsp3) is 1.00. The minimum absolute atomic E-state index is 0.0531. The monoisotopic (exact) mass is 208 g/mol. The van der Waals surface area contributed by atoms with Crippen LogP contribution in [-0.4, -0.2) is 19.8 Å². The van der Waals surface area contributed by atoms with Gasteiger partial charge in [-0.3, -0.25) is 13.6 Å². The van der Waals surface area contributed by atoms with Gasteiger partial charge in [-0.15, -0.1) is 0 Å². The maximum absolute atomic E-state index is 11.7. The Morgan fingerprint density at radius 2 is 2.00 bits per heavy atom. The van der Waals surface area contributed by atoms with E-state index in [-0.39, 0.29) is 6.10 Å². The van der Waals surface area contributed by atoms with E-state index in [0.29, 0.717) is 6.61 Å². The standard InChI is InChI=1S/C8H17O4P/c1-3-11-13(9,10-2)12-8-6-4-5-7-8/h8H,3-7H2,1-2H3. The Hall–Kier alpha value is 0.110. The van der Waals surface area contributed by atoms with Crippen LogP contribution in [0, 0.1) is 0 Å². The lowest BCUT2D eigenvalue weighted by molar-refractivity contribution is 0.0969. The molecule has 0 bridgehead atoms. The largest absolute Gasteiger partial charge is 0.474 e. The maximum Gasteiger partial charge on any atom is 0.474 e. The summed E-state index contributed by atoms with van der Waals surface area (Å²) in [7, 11) is -1.90. The molecule has 1 saturated carbocycles. The Balaban J connectivity index is 2.41. The maximum atomic E-state index is 11.7. The highest BCUT2D eigenvalue weighted by molar-refractivity contribution is 7.48. The first kappa shape index (κ1) is 11.2. The minimum Gasteiger partial charge on any atom is -0.290 e. The summed E-state index contributed by atoms with van der Waals surface area (Å²) in [5, 5.41) is 0. The van der Waals surface area contributed by atoms with E-state index in [1.807, 2.05) is 0 Å². The fourth-order valence-corrected chi connectivity index (χ4v) is 2.61. The third-order valence-corrected chi connectivity index (χ3v) is 3.67. The lowest BCUT2D eigenvalue weighted by Crippen LogP contribution is -2.08. The highest BCUT2D eigenvalue weighted by Gasteiger charge is 2.30. The van der Waals surface area contributed by atoms with Gasteiger partial charge in [0, 0.05) is 7.11 Å². The average Bonchev–Trinajstić information content (AvgIpc) is 2.57. The number of hydrogen-bond acceptors (Lipinski definition) is 4. The van der Waals surface area contributed by atoms with Gasteiger partial charge in [0.2, 0.25) is 0 Å². The van der Waals surface area contributed by atoms with Crippen LogP contribution in [0.2, 0.25) is 0 Å². The van der Waals surface area contributed by atoms with Crippen molar-refractivity contribution < 1.29 is 18.1 Å². The molecule has 0 amide bonds. The zero-order valence-electron chi connectivity index (χ0n) is 8.19. The van der Waals surface area contributed by atoms with Crippen LogP contribution in [0.25, 0.3) is 0 Å². The molecule has 1 unspecified atom stereocenters. The number of hydrogen-bond donors (Lipinski definition) is 0. The summed E-state index contributed by atoms with van der Waals surface area (Å²) < 4.78 is 26.7. The fourth-order valence-electron chi connectivity index (χ4n) is 1.46. The summed E-state index contributed by atoms with van der Waals surface area (Å²) in [5.74, 6) is 0. The third kappa shape index (κ3) is 3.39. The predicted molar refractivity (Wildman–Crippen MR) is 49.6 cm³/mol. The summed E-state index contributed by atoms with van der Waals surface area (Å²) in [6, 6.07) is 0. The van der Waals surface area contributed by atoms with Crippen molar-refractivity contribution in [1.82, 2.24) is 0 Å². The van der Waals surface area contributed by atoms with Crippen molar-refractivity contribution in [2.75, 3.05) is 13.7 Å². The SMILES string of the molecule is CCOP(=O)(OC)OC1CCCC1. The van der Waals surface area contributed by atoms with E-state index >= 15 is 0 Å². The Morgan fingerprint density at radius 3 is 2.46 bits per heavy atom. The van der Waals surface area contributed by atoms with Gasteiger partial charge in [0.25, 0.3) is 0 Å². The first-order valence-corrected chi connectivity index (χ1v) is 6.15. The molecule has 0 N–H and O–H groups in total. The van der Waals surface area contributed by atoms with Crippen molar-refractivity contribution >= 4 is 7.82 Å². The van der Waals surface area contributed by atoms with Gasteiger partial charge >= 0.3 is 7.82 Å². The van der Waals surface area contributed by atoms with Gasteiger partial charge in [-0.1, -0.05) is 12.8 Å². The quantitative estimate of drug-likeness (QED) is 0.651. The Bertz CT molecular complexity index is 189. The van der Waals surface area contributed by atoms with Crippen LogP contribution >= 0.6 is 7.82 Å². The Morgan fingerprint density at radius 1 is 1.38 bits per heavy atom. The Kier molecular flexibility index (Phi) is 4.39. The van der Waals surface area contributed by atoms with Crippen LogP contribution < -0.4 is 0 Å². The van der Waals surface area contributed by atoms with Gasteiger partial charge in [0.05, 0.1) is 12.7 Å². The van der Waals surface area contributed by atoms with Crippen molar-refractivity contribution in [2.45, 2.75) is 38.7 Å². The molecule has 13 heavy (non-hydrogen) atoms. The highest BCUT2D eigenvalue weighted by Crippen LogP contribution is 2.51. The molecule has 1 aliphatic carbocycles. The highest BCUT2D eigenvalue weighted by atomic mass is 31.2. The topological polar surface area (TPSA) is 44.8 Å². The molecule has 0 aromatic carbocycles. The zero-order valence-corrected chi connectivity index (χ0v) is 9.09. The molecule has 0 aliphatic heterocycles. The van der Waals surface area contributed by atoms with Gasteiger partial charge in [-0.05, 0) is 19.8 Å². The zero-order chi connectivity index (χ0) is 9.73. The minimum atomic E-state index is -3.25. The third-order valence-electron chi connectivity index (χ3n) is 2.09. The molecule has 1 aliphatic rings. The van der Waals surface area contributed by atoms with Gasteiger partial charge in [0.1, 0.15) is 0 Å². The van der Waals surface area contributed by atoms with Crippen LogP contribution in [0.5, 0.6) is 0 Å². The van der Waals surface area contributed by atoms with Crippen LogP contribution in [-0.2, 0) is 18.1 Å². The van der Waals surface area contributed by atoms with Crippen LogP contribution in [0.4, 0.5) is 0 Å².